The molecule has 26 heavy (non-hydrogen) atoms. The number of hydrogen-bond acceptors (Lipinski definition) is 6. The zero-order valence-corrected chi connectivity index (χ0v) is 14.1. The molecule has 0 bridgehead atoms. The van der Waals surface area contributed by atoms with E-state index in [-0.39, 0.29) is 18.0 Å². The summed E-state index contributed by atoms with van der Waals surface area (Å²) in [6, 6.07) is 13.3. The highest BCUT2D eigenvalue weighted by molar-refractivity contribution is 5.82. The van der Waals surface area contributed by atoms with E-state index in [9.17, 15) is 19.7 Å². The largest absolute Gasteiger partial charge is 0.445 e. The summed E-state index contributed by atoms with van der Waals surface area (Å²) in [4.78, 5) is 34.1. The molecule has 2 rings (SSSR count). The number of esters is 1. The van der Waals surface area contributed by atoms with E-state index in [1.807, 2.05) is 30.3 Å². The molecule has 0 spiro atoms. The summed E-state index contributed by atoms with van der Waals surface area (Å²) in [6.45, 7) is 1.79. The number of ether oxygens (including phenoxy) is 2. The number of alkyl carbamates (subject to hydrolysis) is 1. The molecule has 2 aromatic rings. The van der Waals surface area contributed by atoms with Gasteiger partial charge < -0.3 is 14.8 Å². The van der Waals surface area contributed by atoms with Crippen molar-refractivity contribution in [1.82, 2.24) is 5.32 Å². The van der Waals surface area contributed by atoms with Crippen molar-refractivity contribution in [2.75, 3.05) is 0 Å². The van der Waals surface area contributed by atoms with Crippen molar-refractivity contribution in [3.05, 3.63) is 70.3 Å². The predicted molar refractivity (Wildman–Crippen MR) is 92.6 cm³/mol. The SMILES string of the molecule is CC[C@H](NC(=O)OCc1ccccc1)C(=O)Oc1ccc([N+](=O)[O-])cc1. The van der Waals surface area contributed by atoms with Gasteiger partial charge in [-0.05, 0) is 24.1 Å². The lowest BCUT2D eigenvalue weighted by Crippen LogP contribution is -2.42. The Bertz CT molecular complexity index is 761. The Hall–Kier alpha value is -3.42. The normalized spacial score (nSPS) is 11.3. The Morgan fingerprint density at radius 3 is 2.35 bits per heavy atom. The van der Waals surface area contributed by atoms with Crippen LogP contribution >= 0.6 is 0 Å². The monoisotopic (exact) mass is 358 g/mol. The van der Waals surface area contributed by atoms with E-state index in [0.29, 0.717) is 6.42 Å². The zero-order valence-electron chi connectivity index (χ0n) is 14.1. The number of nitrogens with one attached hydrogen (secondary N) is 1. The van der Waals surface area contributed by atoms with E-state index in [4.69, 9.17) is 9.47 Å². The van der Waals surface area contributed by atoms with Gasteiger partial charge in [-0.15, -0.1) is 0 Å². The van der Waals surface area contributed by atoms with Crippen LogP contribution in [0.3, 0.4) is 0 Å². The molecule has 0 fully saturated rings. The number of non-ortho nitro benzene ring substituents is 1. The summed E-state index contributed by atoms with van der Waals surface area (Å²) in [6.07, 6.45) is -0.437. The second-order valence-corrected chi connectivity index (χ2v) is 5.34. The van der Waals surface area contributed by atoms with E-state index >= 15 is 0 Å². The van der Waals surface area contributed by atoms with Crippen LogP contribution < -0.4 is 10.1 Å². The number of nitro groups is 1. The number of benzene rings is 2. The Morgan fingerprint density at radius 1 is 1.12 bits per heavy atom. The van der Waals surface area contributed by atoms with Crippen molar-refractivity contribution in [2.24, 2.45) is 0 Å². The molecule has 2 aromatic carbocycles. The summed E-state index contributed by atoms with van der Waals surface area (Å²) in [5.41, 5.74) is 0.712. The van der Waals surface area contributed by atoms with Gasteiger partial charge in [0.25, 0.3) is 5.69 Å². The molecule has 0 saturated heterocycles. The van der Waals surface area contributed by atoms with Crippen molar-refractivity contribution in [2.45, 2.75) is 26.0 Å². The van der Waals surface area contributed by atoms with Gasteiger partial charge in [0.15, 0.2) is 0 Å². The highest BCUT2D eigenvalue weighted by atomic mass is 16.6. The number of amides is 1. The predicted octanol–water partition coefficient (Wildman–Crippen LogP) is 3.21. The zero-order chi connectivity index (χ0) is 18.9. The minimum absolute atomic E-state index is 0.0838. The Kier molecular flexibility index (Phi) is 6.67. The first kappa shape index (κ1) is 18.9. The highest BCUT2D eigenvalue weighted by Crippen LogP contribution is 2.18. The molecule has 0 aromatic heterocycles. The Labute approximate surface area is 149 Å². The third kappa shape index (κ3) is 5.59. The van der Waals surface area contributed by atoms with Gasteiger partial charge in [0.2, 0.25) is 0 Å². The van der Waals surface area contributed by atoms with E-state index in [0.717, 1.165) is 5.56 Å². The Morgan fingerprint density at radius 2 is 1.77 bits per heavy atom. The molecule has 136 valence electrons. The van der Waals surface area contributed by atoms with Crippen LogP contribution in [0.5, 0.6) is 5.75 Å². The van der Waals surface area contributed by atoms with Crippen LogP contribution in [-0.2, 0) is 16.1 Å². The van der Waals surface area contributed by atoms with Crippen LogP contribution in [0.4, 0.5) is 10.5 Å². The van der Waals surface area contributed by atoms with Crippen LogP contribution in [-0.4, -0.2) is 23.0 Å². The summed E-state index contributed by atoms with van der Waals surface area (Å²) in [5, 5.41) is 13.1. The lowest BCUT2D eigenvalue weighted by Gasteiger charge is -2.15. The van der Waals surface area contributed by atoms with Gasteiger partial charge in [-0.3, -0.25) is 10.1 Å². The first-order valence-corrected chi connectivity index (χ1v) is 7.93. The molecule has 0 aliphatic heterocycles. The number of rotatable bonds is 7. The molecule has 0 aliphatic carbocycles. The van der Waals surface area contributed by atoms with E-state index in [2.05, 4.69) is 5.32 Å². The van der Waals surface area contributed by atoms with Gasteiger partial charge in [-0.2, -0.15) is 0 Å². The molecule has 0 aliphatic rings. The average Bonchev–Trinajstić information content (AvgIpc) is 2.65. The molecule has 0 radical (unpaired) electrons. The standard InChI is InChI=1S/C18H18N2O6/c1-2-16(19-18(22)25-12-13-6-4-3-5-7-13)17(21)26-15-10-8-14(9-11-15)20(23)24/h3-11,16H,2,12H2,1H3,(H,19,22)/t16-/m0/s1. The quantitative estimate of drug-likeness (QED) is 0.352. The van der Waals surface area contributed by atoms with Crippen LogP contribution in [0.2, 0.25) is 0 Å². The number of carbonyl (C=O) groups is 2. The van der Waals surface area contributed by atoms with Gasteiger partial charge >= 0.3 is 12.1 Å². The van der Waals surface area contributed by atoms with Gasteiger partial charge in [0.1, 0.15) is 18.4 Å². The van der Waals surface area contributed by atoms with Crippen LogP contribution in [0.1, 0.15) is 18.9 Å². The lowest BCUT2D eigenvalue weighted by molar-refractivity contribution is -0.384. The minimum Gasteiger partial charge on any atom is -0.445 e. The average molecular weight is 358 g/mol. The summed E-state index contributed by atoms with van der Waals surface area (Å²) in [5.74, 6) is -0.531. The number of nitrogens with zero attached hydrogens (tertiary/aromatic N) is 1. The minimum atomic E-state index is -0.895. The maximum atomic E-state index is 12.1. The summed E-state index contributed by atoms with van der Waals surface area (Å²) in [7, 11) is 0. The first-order valence-electron chi connectivity index (χ1n) is 7.93. The van der Waals surface area contributed by atoms with Crippen molar-refractivity contribution in [3.63, 3.8) is 0 Å². The second kappa shape index (κ2) is 9.16. The molecular weight excluding hydrogens is 340 g/mol. The molecular formula is C18H18N2O6. The topological polar surface area (TPSA) is 108 Å². The van der Waals surface area contributed by atoms with Gasteiger partial charge in [0, 0.05) is 12.1 Å². The van der Waals surface area contributed by atoms with Gasteiger partial charge in [0.05, 0.1) is 4.92 Å². The summed E-state index contributed by atoms with van der Waals surface area (Å²) >= 11 is 0. The van der Waals surface area contributed by atoms with E-state index in [1.165, 1.54) is 24.3 Å². The third-order valence-electron chi connectivity index (χ3n) is 3.46. The van der Waals surface area contributed by atoms with Gasteiger partial charge in [-0.25, -0.2) is 9.59 Å². The van der Waals surface area contributed by atoms with Crippen molar-refractivity contribution in [3.8, 4) is 5.75 Å². The van der Waals surface area contributed by atoms with E-state index in [1.54, 1.807) is 6.92 Å². The van der Waals surface area contributed by atoms with Crippen LogP contribution in [0.15, 0.2) is 54.6 Å². The molecule has 0 unspecified atom stereocenters. The maximum Gasteiger partial charge on any atom is 0.408 e. The van der Waals surface area contributed by atoms with Crippen LogP contribution in [0.25, 0.3) is 0 Å². The van der Waals surface area contributed by atoms with Crippen molar-refractivity contribution >= 4 is 17.7 Å². The summed E-state index contributed by atoms with van der Waals surface area (Å²) < 4.78 is 10.2. The smallest absolute Gasteiger partial charge is 0.408 e. The number of carbonyl (C=O) groups excluding carboxylic acids is 2. The molecule has 8 heteroatoms. The molecule has 1 amide bonds. The fourth-order valence-corrected chi connectivity index (χ4v) is 2.06. The molecule has 0 heterocycles. The fourth-order valence-electron chi connectivity index (χ4n) is 2.06. The number of hydrogen-bond donors (Lipinski definition) is 1. The van der Waals surface area contributed by atoms with E-state index < -0.39 is 23.0 Å². The van der Waals surface area contributed by atoms with Gasteiger partial charge in [-0.1, -0.05) is 37.3 Å². The van der Waals surface area contributed by atoms with Crippen LogP contribution in [0, 0.1) is 10.1 Å². The molecule has 8 nitrogen and oxygen atoms in total. The Balaban J connectivity index is 1.87. The van der Waals surface area contributed by atoms with Crippen molar-refractivity contribution < 1.29 is 24.0 Å². The second-order valence-electron chi connectivity index (χ2n) is 5.34. The number of nitro benzene ring substituents is 1. The maximum absolute atomic E-state index is 12.1. The highest BCUT2D eigenvalue weighted by Gasteiger charge is 2.22. The molecule has 1 N–H and O–H groups in total. The lowest BCUT2D eigenvalue weighted by atomic mass is 10.2. The van der Waals surface area contributed by atoms with Crippen molar-refractivity contribution in [1.29, 1.82) is 0 Å². The fraction of sp³-hybridized carbons (Fsp3) is 0.222. The molecule has 1 atom stereocenters. The first-order chi connectivity index (χ1) is 12.5. The molecule has 0 saturated carbocycles. The third-order valence-corrected chi connectivity index (χ3v) is 3.46.